The second-order valence-electron chi connectivity index (χ2n) is 6.84. The molecule has 0 spiro atoms. The fraction of sp³-hybridized carbons (Fsp3) is 0.389. The van der Waals surface area contributed by atoms with Crippen LogP contribution in [0.4, 0.5) is 14.3 Å². The van der Waals surface area contributed by atoms with Gasteiger partial charge in [-0.15, -0.1) is 0 Å². The molecule has 160 valence electrons. The number of aromatic nitrogens is 2. The number of β-amino-alcohol motifs (C(OH)–C–C–N with tert-alkyl or cyclic N) is 1. The Morgan fingerprint density at radius 1 is 1.43 bits per heavy atom. The number of carbonyl (C=O) groups excluding carboxylic acids is 3. The van der Waals surface area contributed by atoms with Crippen LogP contribution >= 0.6 is 11.5 Å². The van der Waals surface area contributed by atoms with Crippen molar-refractivity contribution in [3.63, 3.8) is 0 Å². The average Bonchev–Trinajstić information content (AvgIpc) is 3.25. The first-order chi connectivity index (χ1) is 14.3. The number of likely N-dealkylation sites (tertiary alicyclic amines) is 1. The predicted octanol–water partition coefficient (Wildman–Crippen LogP) is 0.550. The molecule has 1 aliphatic rings. The maximum Gasteiger partial charge on any atom is 0.321 e. The van der Waals surface area contributed by atoms with E-state index in [1.165, 1.54) is 21.9 Å². The van der Waals surface area contributed by atoms with Gasteiger partial charge in [0, 0.05) is 31.7 Å². The lowest BCUT2D eigenvalue weighted by atomic mass is 10.2. The molecule has 1 aromatic heterocycles. The monoisotopic (exact) mass is 436 g/mol. The second-order valence-corrected chi connectivity index (χ2v) is 7.59. The number of hydrogen-bond acceptors (Lipinski definition) is 7. The molecule has 12 heteroatoms. The lowest BCUT2D eigenvalue weighted by molar-refractivity contribution is -0.137. The van der Waals surface area contributed by atoms with Crippen LogP contribution in [-0.2, 0) is 22.7 Å². The first kappa shape index (κ1) is 21.6. The predicted molar refractivity (Wildman–Crippen MR) is 106 cm³/mol. The quantitative estimate of drug-likeness (QED) is 0.582. The van der Waals surface area contributed by atoms with E-state index in [1.807, 2.05) is 0 Å². The van der Waals surface area contributed by atoms with Crippen LogP contribution in [0.2, 0.25) is 0 Å². The summed E-state index contributed by atoms with van der Waals surface area (Å²) in [5, 5.41) is 14.9. The van der Waals surface area contributed by atoms with Crippen molar-refractivity contribution in [3.05, 3.63) is 41.5 Å². The summed E-state index contributed by atoms with van der Waals surface area (Å²) < 4.78 is 17.3. The minimum absolute atomic E-state index is 0.0287. The third-order valence-corrected chi connectivity index (χ3v) is 5.02. The van der Waals surface area contributed by atoms with Crippen molar-refractivity contribution in [2.24, 2.45) is 0 Å². The van der Waals surface area contributed by atoms with Gasteiger partial charge in [0.25, 0.3) is 0 Å². The normalized spacial score (nSPS) is 15.9. The van der Waals surface area contributed by atoms with Gasteiger partial charge in [-0.25, -0.2) is 14.2 Å². The minimum Gasteiger partial charge on any atom is -0.391 e. The van der Waals surface area contributed by atoms with Gasteiger partial charge in [0.2, 0.25) is 16.9 Å². The fourth-order valence-electron chi connectivity index (χ4n) is 2.83. The van der Waals surface area contributed by atoms with E-state index < -0.39 is 12.1 Å². The zero-order chi connectivity index (χ0) is 21.7. The maximum atomic E-state index is 13.1. The molecule has 4 amide bonds. The number of halogens is 1. The molecule has 0 saturated carbocycles. The highest BCUT2D eigenvalue weighted by Gasteiger charge is 2.30. The second kappa shape index (κ2) is 9.59. The van der Waals surface area contributed by atoms with Crippen molar-refractivity contribution >= 4 is 34.5 Å². The summed E-state index contributed by atoms with van der Waals surface area (Å²) in [4.78, 5) is 42.8. The molecule has 1 aliphatic heterocycles. The highest BCUT2D eigenvalue weighted by atomic mass is 32.1. The topological polar surface area (TPSA) is 128 Å². The Bertz CT molecular complexity index is 939. The molecule has 3 N–H and O–H groups in total. The molecule has 1 fully saturated rings. The van der Waals surface area contributed by atoms with Crippen LogP contribution < -0.4 is 10.6 Å². The Hall–Kier alpha value is -3.12. The molecule has 2 heterocycles. The largest absolute Gasteiger partial charge is 0.391 e. The number of likely N-dealkylation sites (N-methyl/N-ethyl adjacent to an activating group) is 1. The third-order valence-electron chi connectivity index (χ3n) is 4.36. The van der Waals surface area contributed by atoms with Crippen LogP contribution in [0.15, 0.2) is 24.3 Å². The summed E-state index contributed by atoms with van der Waals surface area (Å²) in [6, 6.07) is 5.38. The Labute approximate surface area is 175 Å². The smallest absolute Gasteiger partial charge is 0.321 e. The SMILES string of the molecule is CN(Cc1nsc(NC(=O)NCc2cccc(F)c2)n1)C(=O)CN1C[C@@H](O)CC1=O. The number of rotatable bonds is 7. The number of urea groups is 1. The van der Waals surface area contributed by atoms with Crippen LogP contribution in [-0.4, -0.2) is 68.4 Å². The van der Waals surface area contributed by atoms with E-state index in [0.717, 1.165) is 11.5 Å². The number of anilines is 1. The van der Waals surface area contributed by atoms with Gasteiger partial charge in [-0.3, -0.25) is 14.9 Å². The Morgan fingerprint density at radius 2 is 2.23 bits per heavy atom. The maximum absolute atomic E-state index is 13.1. The first-order valence-electron chi connectivity index (χ1n) is 9.12. The van der Waals surface area contributed by atoms with E-state index in [-0.39, 0.29) is 55.4 Å². The first-order valence-corrected chi connectivity index (χ1v) is 9.89. The molecule has 0 radical (unpaired) electrons. The number of nitrogens with one attached hydrogen (secondary N) is 2. The van der Waals surface area contributed by atoms with Crippen molar-refractivity contribution in [1.82, 2.24) is 24.5 Å². The van der Waals surface area contributed by atoms with Crippen LogP contribution in [0.1, 0.15) is 17.8 Å². The molecule has 0 bridgehead atoms. The van der Waals surface area contributed by atoms with E-state index in [9.17, 15) is 23.9 Å². The van der Waals surface area contributed by atoms with E-state index in [0.29, 0.717) is 11.4 Å². The average molecular weight is 436 g/mol. The van der Waals surface area contributed by atoms with Crippen molar-refractivity contribution in [1.29, 1.82) is 0 Å². The third kappa shape index (κ3) is 5.94. The van der Waals surface area contributed by atoms with Gasteiger partial charge in [0.15, 0.2) is 5.82 Å². The van der Waals surface area contributed by atoms with Crippen LogP contribution in [0.25, 0.3) is 0 Å². The lowest BCUT2D eigenvalue weighted by Gasteiger charge is -2.20. The summed E-state index contributed by atoms with van der Waals surface area (Å²) in [6.07, 6.45) is -0.711. The number of amides is 4. The Kier molecular flexibility index (Phi) is 6.90. The van der Waals surface area contributed by atoms with E-state index in [1.54, 1.807) is 19.2 Å². The molecule has 0 aliphatic carbocycles. The molecule has 30 heavy (non-hydrogen) atoms. The molecule has 1 aromatic carbocycles. The number of carbonyl (C=O) groups is 3. The number of hydrogen-bond donors (Lipinski definition) is 3. The van der Waals surface area contributed by atoms with Crippen LogP contribution in [0.3, 0.4) is 0 Å². The van der Waals surface area contributed by atoms with Gasteiger partial charge in [-0.2, -0.15) is 4.37 Å². The molecule has 2 aromatic rings. The van der Waals surface area contributed by atoms with Crippen LogP contribution in [0, 0.1) is 5.82 Å². The highest BCUT2D eigenvalue weighted by molar-refractivity contribution is 7.09. The van der Waals surface area contributed by atoms with Crippen molar-refractivity contribution in [3.8, 4) is 0 Å². The summed E-state index contributed by atoms with van der Waals surface area (Å²) in [7, 11) is 1.55. The standard InChI is InChI=1S/C18H21FN6O4S/c1-24(16(28)10-25-8-13(26)6-15(25)27)9-14-21-18(30-23-14)22-17(29)20-7-11-3-2-4-12(19)5-11/h2-5,13,26H,6-10H2,1H3,(H2,20,21,22,23,29)/t13-/m0/s1. The fourth-order valence-corrected chi connectivity index (χ4v) is 3.40. The molecule has 1 saturated heterocycles. The van der Waals surface area contributed by atoms with E-state index in [2.05, 4.69) is 20.0 Å². The Morgan fingerprint density at radius 3 is 2.93 bits per heavy atom. The minimum atomic E-state index is -0.739. The highest BCUT2D eigenvalue weighted by Crippen LogP contribution is 2.14. The van der Waals surface area contributed by atoms with Gasteiger partial charge in [-0.05, 0) is 17.7 Å². The molecule has 3 rings (SSSR count). The summed E-state index contributed by atoms with van der Waals surface area (Å²) >= 11 is 0.961. The molecule has 10 nitrogen and oxygen atoms in total. The number of aliphatic hydroxyl groups is 1. The lowest BCUT2D eigenvalue weighted by Crippen LogP contribution is -2.39. The van der Waals surface area contributed by atoms with Gasteiger partial charge < -0.3 is 20.2 Å². The van der Waals surface area contributed by atoms with Crippen LogP contribution in [0.5, 0.6) is 0 Å². The Balaban J connectivity index is 1.45. The zero-order valence-electron chi connectivity index (χ0n) is 16.2. The van der Waals surface area contributed by atoms with Gasteiger partial charge in [0.1, 0.15) is 5.82 Å². The zero-order valence-corrected chi connectivity index (χ0v) is 17.0. The van der Waals surface area contributed by atoms with Gasteiger partial charge in [0.05, 0.1) is 25.6 Å². The summed E-state index contributed by atoms with van der Waals surface area (Å²) in [6.45, 7) is 0.277. The van der Waals surface area contributed by atoms with Gasteiger partial charge >= 0.3 is 6.03 Å². The summed E-state index contributed by atoms with van der Waals surface area (Å²) in [5.41, 5.74) is 0.618. The molecular formula is C18H21FN6O4S. The molecule has 0 unspecified atom stereocenters. The van der Waals surface area contributed by atoms with Crippen molar-refractivity contribution in [2.75, 3.05) is 25.5 Å². The van der Waals surface area contributed by atoms with Crippen molar-refractivity contribution < 1.29 is 23.9 Å². The summed E-state index contributed by atoms with van der Waals surface area (Å²) in [5.74, 6) is -0.613. The van der Waals surface area contributed by atoms with Crippen molar-refractivity contribution in [2.45, 2.75) is 25.6 Å². The number of nitrogens with zero attached hydrogens (tertiary/aromatic N) is 4. The number of aliphatic hydroxyl groups excluding tert-OH is 1. The molecular weight excluding hydrogens is 415 g/mol. The molecule has 1 atom stereocenters. The van der Waals surface area contributed by atoms with E-state index >= 15 is 0 Å². The number of benzene rings is 1. The van der Waals surface area contributed by atoms with E-state index in [4.69, 9.17) is 0 Å². The van der Waals surface area contributed by atoms with Gasteiger partial charge in [-0.1, -0.05) is 12.1 Å².